The number of rotatable bonds is 2. The van der Waals surface area contributed by atoms with Gasteiger partial charge in [0.15, 0.2) is 5.84 Å². The molecule has 128 valence electrons. The molecule has 0 saturated heterocycles. The molecule has 1 amide bonds. The maximum Gasteiger partial charge on any atom is 0.283 e. The summed E-state index contributed by atoms with van der Waals surface area (Å²) >= 11 is 7.19. The molecule has 0 radical (unpaired) electrons. The molecule has 0 aliphatic carbocycles. The molecule has 26 heavy (non-hydrogen) atoms. The molecule has 1 N–H and O–H groups in total. The molecule has 4 rings (SSSR count). The summed E-state index contributed by atoms with van der Waals surface area (Å²) < 4.78 is 0. The zero-order valence-corrected chi connectivity index (χ0v) is 15.3. The van der Waals surface area contributed by atoms with E-state index < -0.39 is 5.91 Å². The summed E-state index contributed by atoms with van der Waals surface area (Å²) in [4.78, 5) is 16.5. The number of amides is 1. The van der Waals surface area contributed by atoms with Gasteiger partial charge in [-0.1, -0.05) is 48.0 Å². The highest BCUT2D eigenvalue weighted by molar-refractivity contribution is 8.27. The SMILES string of the molecule is Cc1ccccc1C1=NN2C(=N)C(=Cc3ccc(Cl)cc3)C(=O)N=C2S1. The Morgan fingerprint density at radius 3 is 2.62 bits per heavy atom. The molecule has 5 nitrogen and oxygen atoms in total. The van der Waals surface area contributed by atoms with Gasteiger partial charge in [-0.25, -0.2) is 0 Å². The fraction of sp³-hybridized carbons (Fsp3) is 0.0526. The number of carbonyl (C=O) groups excluding carboxylic acids is 1. The van der Waals surface area contributed by atoms with E-state index in [0.29, 0.717) is 10.2 Å². The van der Waals surface area contributed by atoms with Gasteiger partial charge in [0.2, 0.25) is 5.17 Å². The lowest BCUT2D eigenvalue weighted by atomic mass is 10.1. The average Bonchev–Trinajstić information content (AvgIpc) is 3.04. The Balaban J connectivity index is 1.70. The number of halogens is 1. The summed E-state index contributed by atoms with van der Waals surface area (Å²) in [5.41, 5.74) is 3.02. The van der Waals surface area contributed by atoms with Crippen molar-refractivity contribution in [2.24, 2.45) is 10.1 Å². The Labute approximate surface area is 159 Å². The molecule has 7 heteroatoms. The number of fused-ring (bicyclic) bond motifs is 1. The number of nitrogens with one attached hydrogen (secondary N) is 1. The summed E-state index contributed by atoms with van der Waals surface area (Å²) in [5.74, 6) is -0.420. The number of nitrogens with zero attached hydrogens (tertiary/aromatic N) is 3. The first kappa shape index (κ1) is 16.8. The molecule has 2 heterocycles. The first-order chi connectivity index (χ1) is 12.5. The van der Waals surface area contributed by atoms with Gasteiger partial charge >= 0.3 is 0 Å². The highest BCUT2D eigenvalue weighted by Crippen LogP contribution is 2.31. The maximum absolute atomic E-state index is 12.4. The van der Waals surface area contributed by atoms with Crippen molar-refractivity contribution in [3.63, 3.8) is 0 Å². The van der Waals surface area contributed by atoms with Crippen LogP contribution in [0.2, 0.25) is 5.02 Å². The van der Waals surface area contributed by atoms with E-state index in [1.165, 1.54) is 16.8 Å². The van der Waals surface area contributed by atoms with Crippen LogP contribution in [0.15, 0.2) is 64.2 Å². The number of amidine groups is 2. The van der Waals surface area contributed by atoms with Gasteiger partial charge < -0.3 is 0 Å². The van der Waals surface area contributed by atoms with Crippen LogP contribution in [0.25, 0.3) is 6.08 Å². The van der Waals surface area contributed by atoms with Crippen molar-refractivity contribution in [2.45, 2.75) is 6.92 Å². The van der Waals surface area contributed by atoms with Crippen LogP contribution in [0.1, 0.15) is 16.7 Å². The predicted octanol–water partition coefficient (Wildman–Crippen LogP) is 4.32. The van der Waals surface area contributed by atoms with Crippen molar-refractivity contribution in [1.82, 2.24) is 5.01 Å². The second kappa shape index (κ2) is 6.55. The first-order valence-electron chi connectivity index (χ1n) is 7.85. The number of benzene rings is 2. The van der Waals surface area contributed by atoms with E-state index in [9.17, 15) is 4.79 Å². The quantitative estimate of drug-likeness (QED) is 0.789. The third-order valence-electron chi connectivity index (χ3n) is 4.01. The third-order valence-corrected chi connectivity index (χ3v) is 5.20. The minimum atomic E-state index is -0.440. The van der Waals surface area contributed by atoms with Crippen molar-refractivity contribution in [1.29, 1.82) is 5.41 Å². The van der Waals surface area contributed by atoms with Gasteiger partial charge in [0, 0.05) is 10.6 Å². The zero-order chi connectivity index (χ0) is 18.3. The molecule has 0 unspecified atom stereocenters. The van der Waals surface area contributed by atoms with E-state index >= 15 is 0 Å². The molecule has 2 aliphatic heterocycles. The lowest BCUT2D eigenvalue weighted by molar-refractivity contribution is -0.114. The monoisotopic (exact) mass is 380 g/mol. The van der Waals surface area contributed by atoms with Crippen LogP contribution >= 0.6 is 23.4 Å². The Kier molecular flexibility index (Phi) is 4.22. The van der Waals surface area contributed by atoms with E-state index in [0.717, 1.165) is 21.7 Å². The topological polar surface area (TPSA) is 68.9 Å². The summed E-state index contributed by atoms with van der Waals surface area (Å²) in [6.07, 6.45) is 1.63. The summed E-state index contributed by atoms with van der Waals surface area (Å²) in [5, 5.41) is 16.1. The lowest BCUT2D eigenvalue weighted by Gasteiger charge is -2.20. The largest absolute Gasteiger partial charge is 0.283 e. The van der Waals surface area contributed by atoms with Gasteiger partial charge in [-0.2, -0.15) is 15.1 Å². The number of aryl methyl sites for hydroxylation is 1. The fourth-order valence-electron chi connectivity index (χ4n) is 2.64. The molecule has 0 saturated carbocycles. The lowest BCUT2D eigenvalue weighted by Crippen LogP contribution is -2.35. The van der Waals surface area contributed by atoms with Crippen LogP contribution in [-0.2, 0) is 4.79 Å². The molecule has 2 aromatic carbocycles. The number of thioether (sulfide) groups is 1. The Morgan fingerprint density at radius 1 is 1.15 bits per heavy atom. The van der Waals surface area contributed by atoms with Crippen molar-refractivity contribution < 1.29 is 4.79 Å². The van der Waals surface area contributed by atoms with Crippen LogP contribution < -0.4 is 0 Å². The van der Waals surface area contributed by atoms with E-state index in [4.69, 9.17) is 17.0 Å². The minimum Gasteiger partial charge on any atom is -0.282 e. The van der Waals surface area contributed by atoms with Gasteiger partial charge in [0.1, 0.15) is 5.04 Å². The standard InChI is InChI=1S/C19H13ClN4OS/c1-11-4-2-3-5-14(11)18-23-24-16(21)15(17(25)22-19(24)26-18)10-12-6-8-13(20)9-7-12/h2-10,21H,1H3. The van der Waals surface area contributed by atoms with E-state index in [1.807, 2.05) is 31.2 Å². The van der Waals surface area contributed by atoms with Gasteiger partial charge in [0.05, 0.1) is 5.57 Å². The molecule has 2 aliphatic rings. The summed E-state index contributed by atoms with van der Waals surface area (Å²) in [6, 6.07) is 14.9. The van der Waals surface area contributed by atoms with Crippen molar-refractivity contribution in [2.75, 3.05) is 0 Å². The van der Waals surface area contributed by atoms with Crippen LogP contribution in [-0.4, -0.2) is 27.0 Å². The number of hydrogen-bond acceptors (Lipinski definition) is 4. The van der Waals surface area contributed by atoms with Crippen molar-refractivity contribution >= 4 is 51.4 Å². The molecular weight excluding hydrogens is 368 g/mol. The predicted molar refractivity (Wildman–Crippen MR) is 107 cm³/mol. The molecule has 0 aromatic heterocycles. The Morgan fingerprint density at radius 2 is 1.88 bits per heavy atom. The molecular formula is C19H13ClN4OS. The molecule has 2 aromatic rings. The van der Waals surface area contributed by atoms with Crippen molar-refractivity contribution in [3.05, 3.63) is 75.8 Å². The normalized spacial score (nSPS) is 18.1. The second-order valence-corrected chi connectivity index (χ2v) is 7.18. The highest BCUT2D eigenvalue weighted by Gasteiger charge is 2.36. The average molecular weight is 381 g/mol. The Bertz CT molecular complexity index is 1020. The van der Waals surface area contributed by atoms with Gasteiger partial charge in [-0.05, 0) is 48.0 Å². The first-order valence-corrected chi connectivity index (χ1v) is 9.04. The van der Waals surface area contributed by atoms with E-state index in [2.05, 4.69) is 10.1 Å². The maximum atomic E-state index is 12.4. The Hall–Kier alpha value is -2.70. The summed E-state index contributed by atoms with van der Waals surface area (Å²) in [7, 11) is 0. The van der Waals surface area contributed by atoms with Crippen LogP contribution in [0.5, 0.6) is 0 Å². The van der Waals surface area contributed by atoms with E-state index in [1.54, 1.807) is 30.3 Å². The zero-order valence-electron chi connectivity index (χ0n) is 13.7. The number of carbonyl (C=O) groups is 1. The molecule has 0 spiro atoms. The number of hydrazone groups is 1. The number of aliphatic imine (C=N–C) groups is 1. The smallest absolute Gasteiger partial charge is 0.282 e. The second-order valence-electron chi connectivity index (χ2n) is 5.79. The summed E-state index contributed by atoms with van der Waals surface area (Å²) in [6.45, 7) is 2.00. The van der Waals surface area contributed by atoms with Crippen LogP contribution in [0.4, 0.5) is 0 Å². The minimum absolute atomic E-state index is 0.0195. The van der Waals surface area contributed by atoms with Crippen LogP contribution in [0.3, 0.4) is 0 Å². The third kappa shape index (κ3) is 2.98. The van der Waals surface area contributed by atoms with E-state index in [-0.39, 0.29) is 11.4 Å². The van der Waals surface area contributed by atoms with Crippen molar-refractivity contribution in [3.8, 4) is 0 Å². The van der Waals surface area contributed by atoms with Crippen LogP contribution in [0, 0.1) is 12.3 Å². The molecule has 0 atom stereocenters. The van der Waals surface area contributed by atoms with Gasteiger partial charge in [-0.15, -0.1) is 0 Å². The highest BCUT2D eigenvalue weighted by atomic mass is 35.5. The fourth-order valence-corrected chi connectivity index (χ4v) is 3.75. The molecule has 0 bridgehead atoms. The van der Waals surface area contributed by atoms with Gasteiger partial charge in [0.25, 0.3) is 5.91 Å². The van der Waals surface area contributed by atoms with Gasteiger partial charge in [-0.3, -0.25) is 10.2 Å². The molecule has 0 fully saturated rings. The number of hydrogen-bond donors (Lipinski definition) is 1.